The van der Waals surface area contributed by atoms with Gasteiger partial charge in [-0.3, -0.25) is 0 Å². The molecule has 0 spiro atoms. The third-order valence-electron chi connectivity index (χ3n) is 4.15. The van der Waals surface area contributed by atoms with Crippen LogP contribution in [0.5, 0.6) is 0 Å². The molecular weight excluding hydrogens is 254 g/mol. The average Bonchev–Trinajstić information content (AvgIpc) is 2.65. The number of rotatable bonds is 3. The standard InChI is InChI=1S/C20H23N/c1-21(2)15-7-9-17-14-13-16-8-3-4-10-18(16)20-12-6-5-11-19(17)20/h3,5-6,8-9,11-14H,4,7,10,15H2,1-2H3. The Labute approximate surface area is 128 Å². The highest BCUT2D eigenvalue weighted by molar-refractivity contribution is 5.89. The van der Waals surface area contributed by atoms with Crippen molar-refractivity contribution in [2.24, 2.45) is 0 Å². The van der Waals surface area contributed by atoms with Gasteiger partial charge in [-0.1, -0.05) is 54.6 Å². The van der Waals surface area contributed by atoms with Crippen LogP contribution in [0.4, 0.5) is 0 Å². The van der Waals surface area contributed by atoms with E-state index in [4.69, 9.17) is 0 Å². The van der Waals surface area contributed by atoms with Gasteiger partial charge >= 0.3 is 0 Å². The van der Waals surface area contributed by atoms with E-state index in [0.717, 1.165) is 25.8 Å². The molecule has 0 bridgehead atoms. The Hall–Kier alpha value is -1.86. The van der Waals surface area contributed by atoms with Gasteiger partial charge in [0.05, 0.1) is 0 Å². The van der Waals surface area contributed by atoms with Crippen molar-refractivity contribution in [2.75, 3.05) is 20.6 Å². The summed E-state index contributed by atoms with van der Waals surface area (Å²) in [6.45, 7) is 1.09. The number of hydrogen-bond acceptors (Lipinski definition) is 1. The first-order valence-electron chi connectivity index (χ1n) is 7.78. The second-order valence-corrected chi connectivity index (χ2v) is 6.01. The first kappa shape index (κ1) is 14.1. The SMILES string of the molecule is CN(C)CCC=C1C=CC2=C(CCC=C2)c2ccccc21. The van der Waals surface area contributed by atoms with Crippen LogP contribution in [0.3, 0.4) is 0 Å². The highest BCUT2D eigenvalue weighted by Crippen LogP contribution is 2.37. The van der Waals surface area contributed by atoms with Gasteiger partial charge < -0.3 is 4.90 Å². The van der Waals surface area contributed by atoms with Gasteiger partial charge in [0.25, 0.3) is 0 Å². The van der Waals surface area contributed by atoms with Crippen molar-refractivity contribution < 1.29 is 0 Å². The molecule has 1 heteroatoms. The molecule has 1 aromatic carbocycles. The Morgan fingerprint density at radius 2 is 1.86 bits per heavy atom. The Balaban J connectivity index is 2.01. The molecule has 21 heavy (non-hydrogen) atoms. The van der Waals surface area contributed by atoms with E-state index >= 15 is 0 Å². The third-order valence-corrected chi connectivity index (χ3v) is 4.15. The molecule has 1 aromatic rings. The molecule has 0 fully saturated rings. The molecule has 3 rings (SSSR count). The molecule has 2 aliphatic rings. The Morgan fingerprint density at radius 1 is 1.05 bits per heavy atom. The average molecular weight is 277 g/mol. The molecule has 0 saturated carbocycles. The molecule has 0 aliphatic heterocycles. The van der Waals surface area contributed by atoms with Crippen LogP contribution in [0.25, 0.3) is 11.1 Å². The minimum Gasteiger partial charge on any atom is -0.309 e. The zero-order chi connectivity index (χ0) is 14.7. The Morgan fingerprint density at radius 3 is 2.67 bits per heavy atom. The highest BCUT2D eigenvalue weighted by atomic mass is 15.0. The fourth-order valence-electron chi connectivity index (χ4n) is 3.05. The Bertz CT molecular complexity index is 642. The molecule has 0 N–H and O–H groups in total. The van der Waals surface area contributed by atoms with Gasteiger partial charge in [0.2, 0.25) is 0 Å². The monoisotopic (exact) mass is 277 g/mol. The largest absolute Gasteiger partial charge is 0.309 e. The summed E-state index contributed by atoms with van der Waals surface area (Å²) in [7, 11) is 4.25. The van der Waals surface area contributed by atoms with E-state index in [1.165, 1.54) is 27.8 Å². The maximum Gasteiger partial charge on any atom is 0.00101 e. The van der Waals surface area contributed by atoms with Gasteiger partial charge in [0.1, 0.15) is 0 Å². The highest BCUT2D eigenvalue weighted by Gasteiger charge is 2.16. The van der Waals surface area contributed by atoms with Gasteiger partial charge in [-0.15, -0.1) is 0 Å². The van der Waals surface area contributed by atoms with E-state index in [2.05, 4.69) is 73.6 Å². The van der Waals surface area contributed by atoms with Crippen LogP contribution in [0.2, 0.25) is 0 Å². The first-order valence-corrected chi connectivity index (χ1v) is 7.78. The zero-order valence-corrected chi connectivity index (χ0v) is 13.0. The molecule has 0 radical (unpaired) electrons. The van der Waals surface area contributed by atoms with Gasteiger partial charge in [-0.05, 0) is 61.2 Å². The van der Waals surface area contributed by atoms with Crippen molar-refractivity contribution >= 4 is 11.1 Å². The fourth-order valence-corrected chi connectivity index (χ4v) is 3.05. The lowest BCUT2D eigenvalue weighted by atomic mass is 9.89. The van der Waals surface area contributed by atoms with Crippen LogP contribution in [-0.4, -0.2) is 25.5 Å². The molecule has 0 atom stereocenters. The van der Waals surface area contributed by atoms with Gasteiger partial charge in [0.15, 0.2) is 0 Å². The summed E-state index contributed by atoms with van der Waals surface area (Å²) in [6, 6.07) is 8.84. The van der Waals surface area contributed by atoms with E-state index in [9.17, 15) is 0 Å². The summed E-state index contributed by atoms with van der Waals surface area (Å²) in [5, 5.41) is 0. The summed E-state index contributed by atoms with van der Waals surface area (Å²) in [5.41, 5.74) is 7.03. The molecular formula is C20H23N. The van der Waals surface area contributed by atoms with E-state index in [-0.39, 0.29) is 0 Å². The van der Waals surface area contributed by atoms with Crippen LogP contribution in [0.15, 0.2) is 60.2 Å². The predicted molar refractivity (Wildman–Crippen MR) is 92.0 cm³/mol. The van der Waals surface area contributed by atoms with E-state index in [0.29, 0.717) is 0 Å². The Kier molecular flexibility index (Phi) is 4.21. The van der Waals surface area contributed by atoms with Crippen LogP contribution >= 0.6 is 0 Å². The molecule has 0 saturated heterocycles. The number of benzene rings is 1. The quantitative estimate of drug-likeness (QED) is 0.774. The van der Waals surface area contributed by atoms with Crippen molar-refractivity contribution in [3.8, 4) is 0 Å². The lowest BCUT2D eigenvalue weighted by Gasteiger charge is -2.16. The molecule has 1 nitrogen and oxygen atoms in total. The minimum absolute atomic E-state index is 1.08. The molecule has 108 valence electrons. The minimum atomic E-state index is 1.08. The van der Waals surface area contributed by atoms with Crippen molar-refractivity contribution in [3.05, 3.63) is 71.3 Å². The zero-order valence-electron chi connectivity index (χ0n) is 13.0. The maximum absolute atomic E-state index is 2.37. The summed E-state index contributed by atoms with van der Waals surface area (Å²) >= 11 is 0. The fraction of sp³-hybridized carbons (Fsp3) is 0.300. The third kappa shape index (κ3) is 3.08. The van der Waals surface area contributed by atoms with Crippen LogP contribution < -0.4 is 0 Å². The van der Waals surface area contributed by atoms with Crippen molar-refractivity contribution in [2.45, 2.75) is 19.3 Å². The number of allylic oxidation sites excluding steroid dienone is 7. The lowest BCUT2D eigenvalue weighted by Crippen LogP contribution is -2.12. The summed E-state index contributed by atoms with van der Waals surface area (Å²) in [6.07, 6.45) is 14.9. The molecule has 0 unspecified atom stereocenters. The maximum atomic E-state index is 2.37. The summed E-state index contributed by atoms with van der Waals surface area (Å²) in [4.78, 5) is 2.23. The number of hydrogen-bond donors (Lipinski definition) is 0. The topological polar surface area (TPSA) is 3.24 Å². The normalized spacial score (nSPS) is 18.9. The second kappa shape index (κ2) is 6.28. The molecule has 0 amide bonds. The van der Waals surface area contributed by atoms with E-state index in [1.54, 1.807) is 0 Å². The van der Waals surface area contributed by atoms with Crippen molar-refractivity contribution in [1.82, 2.24) is 4.90 Å². The smallest absolute Gasteiger partial charge is 0.00101 e. The van der Waals surface area contributed by atoms with Gasteiger partial charge in [-0.25, -0.2) is 0 Å². The van der Waals surface area contributed by atoms with Crippen LogP contribution in [0, 0.1) is 0 Å². The summed E-state index contributed by atoms with van der Waals surface area (Å²) < 4.78 is 0. The van der Waals surface area contributed by atoms with E-state index in [1.807, 2.05) is 0 Å². The van der Waals surface area contributed by atoms with Gasteiger partial charge in [-0.2, -0.15) is 0 Å². The summed E-state index contributed by atoms with van der Waals surface area (Å²) in [5.74, 6) is 0. The van der Waals surface area contributed by atoms with Crippen molar-refractivity contribution in [3.63, 3.8) is 0 Å². The molecule has 0 heterocycles. The van der Waals surface area contributed by atoms with Crippen LogP contribution in [-0.2, 0) is 0 Å². The van der Waals surface area contributed by atoms with Gasteiger partial charge in [0, 0.05) is 6.54 Å². The number of fused-ring (bicyclic) bond motifs is 2. The predicted octanol–water partition coefficient (Wildman–Crippen LogP) is 4.70. The molecule has 2 aliphatic carbocycles. The lowest BCUT2D eigenvalue weighted by molar-refractivity contribution is 0.417. The number of nitrogens with zero attached hydrogens (tertiary/aromatic N) is 1. The van der Waals surface area contributed by atoms with Crippen LogP contribution in [0.1, 0.15) is 30.4 Å². The molecule has 0 aromatic heterocycles. The second-order valence-electron chi connectivity index (χ2n) is 6.01. The first-order chi connectivity index (χ1) is 10.3. The van der Waals surface area contributed by atoms with Crippen molar-refractivity contribution in [1.29, 1.82) is 0 Å². The van der Waals surface area contributed by atoms with E-state index < -0.39 is 0 Å².